The second-order valence-corrected chi connectivity index (χ2v) is 31.1. The van der Waals surface area contributed by atoms with Gasteiger partial charge in [0.25, 0.3) is 23.6 Å². The van der Waals surface area contributed by atoms with Gasteiger partial charge < -0.3 is 39.1 Å². The van der Waals surface area contributed by atoms with E-state index >= 15 is 19.2 Å². The van der Waals surface area contributed by atoms with E-state index in [1.54, 1.807) is 62.4 Å². The molecule has 0 saturated heterocycles. The Balaban J connectivity index is 1.11. The molecule has 0 bridgehead atoms. The monoisotopic (exact) mass is 1450 g/mol. The van der Waals surface area contributed by atoms with Crippen LogP contribution in [0.4, 0.5) is 11.6 Å². The van der Waals surface area contributed by atoms with Crippen LogP contribution >= 0.6 is 0 Å². The minimum atomic E-state index is -0.888. The second-order valence-electron chi connectivity index (χ2n) is 31.1. The molecule has 0 spiro atoms. The Hall–Kier alpha value is -12.6. The van der Waals surface area contributed by atoms with E-state index in [0.29, 0.717) is 35.8 Å². The smallest absolute Gasteiger partial charge is 0.338 e. The lowest BCUT2D eigenvalue weighted by molar-refractivity contribution is -0.131. The molecule has 2 aliphatic rings. The summed E-state index contributed by atoms with van der Waals surface area (Å²) >= 11 is 0. The molecule has 0 unspecified atom stereocenters. The van der Waals surface area contributed by atoms with Gasteiger partial charge >= 0.3 is 11.9 Å². The predicted octanol–water partition coefficient (Wildman–Crippen LogP) is 19.1. The fraction of sp³-hybridized carbons (Fsp3) is 0.250. The number of carbonyl (C=O) groups is 8. The molecule has 20 heteroatoms. The average Bonchev–Trinajstić information content (AvgIpc) is 0.671. The number of pyridine rings is 2. The Bertz CT molecular complexity index is 5010. The Kier molecular flexibility index (Phi) is 19.1. The molecule has 9 aromatic carbocycles. The Morgan fingerprint density at radius 2 is 0.602 bits per heavy atom. The molecule has 2 N–H and O–H groups in total. The average molecular weight is 1450 g/mol. The van der Waals surface area contributed by atoms with Crippen LogP contribution in [0.15, 0.2) is 182 Å². The fourth-order valence-corrected chi connectivity index (χ4v) is 13.2. The maximum Gasteiger partial charge on any atom is 0.338 e. The van der Waals surface area contributed by atoms with Crippen molar-refractivity contribution in [2.24, 2.45) is 0 Å². The van der Waals surface area contributed by atoms with Crippen LogP contribution in [0.2, 0.25) is 0 Å². The highest BCUT2D eigenvalue weighted by atomic mass is 16.5. The van der Waals surface area contributed by atoms with E-state index < -0.39 is 60.5 Å². The van der Waals surface area contributed by atoms with Crippen molar-refractivity contribution in [1.29, 1.82) is 0 Å². The van der Waals surface area contributed by atoms with Crippen LogP contribution in [0.25, 0.3) is 43.1 Å². The lowest BCUT2D eigenvalue weighted by atomic mass is 9.80. The zero-order valence-corrected chi connectivity index (χ0v) is 62.8. The first-order chi connectivity index (χ1) is 51.1. The summed E-state index contributed by atoms with van der Waals surface area (Å²) in [5.41, 5.74) is 2.93. The number of esters is 2. The van der Waals surface area contributed by atoms with Gasteiger partial charge in [-0.1, -0.05) is 159 Å². The standard InChI is InChI=1S/C88H82N6O14/c1-17-47(3)83(101)107-57-35-37-89-67(39-57)91-69(95)45-93-79(97)59-41-63(103-53-27-19-49(20-28-53)85(5,6)7)73-75-65(105-55-31-23-51(24-32-55)87(11,12)13)43-61-72-62(82(100)94(81(61)99)46-70(96)92-68-40-58(36-38-90-68)108-84(102)48(4)18-2)44-66(106-56-33-25-52(26-34-56)88(14,15)16)76(78(72)75)74-64(42-60(80(93)98)71(59)77(73)74)104-54-29-21-50(22-30-54)86(8,9)10/h19-44H,3-4,17-18,45-46H2,1-2,5-16H3,(H,89,91,95)(H,90,92,96). The summed E-state index contributed by atoms with van der Waals surface area (Å²) < 4.78 is 40.0. The van der Waals surface area contributed by atoms with Gasteiger partial charge in [-0.3, -0.25) is 38.6 Å². The van der Waals surface area contributed by atoms with Crippen LogP contribution in [-0.2, 0) is 40.8 Å². The molecule has 4 heterocycles. The van der Waals surface area contributed by atoms with Gasteiger partial charge in [-0.15, -0.1) is 0 Å². The van der Waals surface area contributed by atoms with Crippen LogP contribution in [0, 0.1) is 0 Å². The van der Waals surface area contributed by atoms with Crippen LogP contribution < -0.4 is 39.1 Å². The van der Waals surface area contributed by atoms with Crippen molar-refractivity contribution in [2.75, 3.05) is 23.7 Å². The summed E-state index contributed by atoms with van der Waals surface area (Å²) in [4.78, 5) is 129. The summed E-state index contributed by atoms with van der Waals surface area (Å²) in [5, 5.41) is 6.97. The molecule has 6 amide bonds. The van der Waals surface area contributed by atoms with Gasteiger partial charge in [-0.25, -0.2) is 19.6 Å². The Labute approximate surface area is 625 Å². The van der Waals surface area contributed by atoms with Crippen LogP contribution in [0.5, 0.6) is 57.5 Å². The molecular weight excluding hydrogens is 1360 g/mol. The van der Waals surface area contributed by atoms with E-state index in [4.69, 9.17) is 28.4 Å². The number of imide groups is 2. The molecule has 0 saturated carbocycles. The van der Waals surface area contributed by atoms with Gasteiger partial charge in [0.1, 0.15) is 82.2 Å². The molecule has 20 nitrogen and oxygen atoms in total. The molecule has 0 aliphatic carbocycles. The number of carbonyl (C=O) groups excluding carboxylic acids is 8. The van der Waals surface area contributed by atoms with Crippen molar-refractivity contribution in [1.82, 2.24) is 19.8 Å². The van der Waals surface area contributed by atoms with E-state index in [1.165, 1.54) is 60.9 Å². The van der Waals surface area contributed by atoms with Gasteiger partial charge in [0.15, 0.2) is 0 Å². The summed E-state index contributed by atoms with van der Waals surface area (Å²) in [6, 6.07) is 41.4. The lowest BCUT2D eigenvalue weighted by Crippen LogP contribution is -2.45. The van der Waals surface area contributed by atoms with Crippen LogP contribution in [0.1, 0.15) is 173 Å². The quantitative estimate of drug-likeness (QED) is 0.0237. The fourth-order valence-electron chi connectivity index (χ4n) is 13.2. The number of ether oxygens (including phenoxy) is 6. The first kappa shape index (κ1) is 73.7. The molecule has 2 aromatic heterocycles. The molecular formula is C88H82N6O14. The first-order valence-corrected chi connectivity index (χ1v) is 35.6. The zero-order chi connectivity index (χ0) is 77.4. The summed E-state index contributed by atoms with van der Waals surface area (Å²) in [6.45, 7) is 34.3. The van der Waals surface area contributed by atoms with Crippen molar-refractivity contribution in [2.45, 2.75) is 131 Å². The number of nitrogens with zero attached hydrogens (tertiary/aromatic N) is 4. The van der Waals surface area contributed by atoms with Crippen molar-refractivity contribution in [3.8, 4) is 57.5 Å². The van der Waals surface area contributed by atoms with Crippen molar-refractivity contribution >= 4 is 102 Å². The topological polar surface area (TPSA) is 248 Å². The predicted molar refractivity (Wildman–Crippen MR) is 415 cm³/mol. The van der Waals surface area contributed by atoms with Crippen molar-refractivity contribution in [3.05, 3.63) is 227 Å². The number of hydrogen-bond donors (Lipinski definition) is 2. The van der Waals surface area contributed by atoms with E-state index in [1.807, 2.05) is 48.5 Å². The molecule has 0 atom stereocenters. The minimum absolute atomic E-state index is 0.0299. The SMILES string of the molecule is C=C(CC)C(=O)Oc1ccnc(NC(=O)CN2C(=O)c3cc(Oc4ccc(C(C)(C)C)cc4)c4c5c(Oc6ccc(C(C)(C)C)cc6)cc6c7c(cc(Oc8ccc(C(C)(C)C)cc8)c(c8c(Oc9ccc(C(C)(C)C)cc9)cc(c3c48)C2=O)c75)C(=O)N(CC(=O)Nc2cc(OC(=O)C(=C)CC)ccn2)C6=O)c1. The molecule has 108 heavy (non-hydrogen) atoms. The number of fused-ring (bicyclic) bond motifs is 2. The molecule has 548 valence electrons. The highest BCUT2D eigenvalue weighted by Gasteiger charge is 2.43. The van der Waals surface area contributed by atoms with E-state index in [0.717, 1.165) is 32.1 Å². The Morgan fingerprint density at radius 1 is 0.352 bits per heavy atom. The third-order valence-corrected chi connectivity index (χ3v) is 19.3. The maximum atomic E-state index is 16.0. The number of aromatic nitrogens is 2. The summed E-state index contributed by atoms with van der Waals surface area (Å²) in [7, 11) is 0. The number of amides is 6. The molecule has 2 aliphatic heterocycles. The number of hydrogen-bond acceptors (Lipinski definition) is 16. The van der Waals surface area contributed by atoms with Crippen LogP contribution in [-0.4, -0.2) is 80.2 Å². The molecule has 0 fully saturated rings. The molecule has 13 rings (SSSR count). The van der Waals surface area contributed by atoms with Gasteiger partial charge in [0.2, 0.25) is 11.8 Å². The zero-order valence-electron chi connectivity index (χ0n) is 62.8. The van der Waals surface area contributed by atoms with Gasteiger partial charge in [0, 0.05) is 78.8 Å². The highest BCUT2D eigenvalue weighted by Crippen LogP contribution is 2.58. The van der Waals surface area contributed by atoms with Gasteiger partial charge in [0.05, 0.1) is 22.3 Å². The molecule has 11 aromatic rings. The van der Waals surface area contributed by atoms with Gasteiger partial charge in [-0.2, -0.15) is 0 Å². The summed E-state index contributed by atoms with van der Waals surface area (Å²) in [5.74, 6) is -5.18. The van der Waals surface area contributed by atoms with E-state index in [2.05, 4.69) is 117 Å². The van der Waals surface area contributed by atoms with Crippen molar-refractivity contribution in [3.63, 3.8) is 0 Å². The number of benzene rings is 9. The third kappa shape index (κ3) is 14.4. The molecule has 0 radical (unpaired) electrons. The van der Waals surface area contributed by atoms with Crippen molar-refractivity contribution < 1.29 is 66.8 Å². The second kappa shape index (κ2) is 28.0. The lowest BCUT2D eigenvalue weighted by Gasteiger charge is -2.32. The minimum Gasteiger partial charge on any atom is -0.457 e. The third-order valence-electron chi connectivity index (χ3n) is 19.3. The number of rotatable bonds is 20. The first-order valence-electron chi connectivity index (χ1n) is 35.6. The van der Waals surface area contributed by atoms with Gasteiger partial charge in [-0.05, 0) is 142 Å². The van der Waals surface area contributed by atoms with Crippen LogP contribution in [0.3, 0.4) is 0 Å². The number of nitrogens with one attached hydrogen (secondary N) is 2. The maximum absolute atomic E-state index is 16.0. The largest absolute Gasteiger partial charge is 0.457 e. The Morgan fingerprint density at radius 3 is 0.833 bits per heavy atom. The number of anilines is 2. The van der Waals surface area contributed by atoms with E-state index in [-0.39, 0.29) is 144 Å². The normalized spacial score (nSPS) is 13.1. The highest BCUT2D eigenvalue weighted by molar-refractivity contribution is 6.45. The van der Waals surface area contributed by atoms with E-state index in [9.17, 15) is 19.2 Å². The summed E-state index contributed by atoms with van der Waals surface area (Å²) in [6.07, 6.45) is 3.32.